The number of aliphatic hydroxyl groups excluding tert-OH is 1. The lowest BCUT2D eigenvalue weighted by Crippen LogP contribution is -1.97. The first-order chi connectivity index (χ1) is 4.24. The van der Waals surface area contributed by atoms with Gasteiger partial charge in [-0.05, 0) is 6.92 Å². The molecule has 4 nitrogen and oxygen atoms in total. The van der Waals surface area contributed by atoms with Gasteiger partial charge in [-0.1, -0.05) is 0 Å². The maximum atomic E-state index is 8.61. The van der Waals surface area contributed by atoms with Crippen molar-refractivity contribution in [2.45, 2.75) is 13.5 Å². The number of hydrogen-bond donors (Lipinski definition) is 1. The summed E-state index contributed by atoms with van der Waals surface area (Å²) < 4.78 is 1.56. The van der Waals surface area contributed by atoms with Crippen LogP contribution in [0.25, 0.3) is 0 Å². The van der Waals surface area contributed by atoms with Gasteiger partial charge in [0.05, 0.1) is 0 Å². The molecule has 0 spiro atoms. The molecule has 50 valence electrons. The highest BCUT2D eigenvalue weighted by Gasteiger charge is 1.99. The second kappa shape index (κ2) is 2.14. The molecule has 0 saturated heterocycles. The monoisotopic (exact) mass is 127 g/mol. The fourth-order valence-electron chi connectivity index (χ4n) is 0.694. The lowest BCUT2D eigenvalue weighted by Gasteiger charge is -1.89. The van der Waals surface area contributed by atoms with Gasteiger partial charge in [0.1, 0.15) is 12.4 Å². The lowest BCUT2D eigenvalue weighted by atomic mass is 10.6. The Hall–Kier alpha value is -0.900. The third kappa shape index (κ3) is 1.08. The van der Waals surface area contributed by atoms with Crippen molar-refractivity contribution in [2.75, 3.05) is 0 Å². The first-order valence-corrected chi connectivity index (χ1v) is 2.71. The number of aromatic nitrogens is 3. The zero-order valence-electron chi connectivity index (χ0n) is 5.50. The number of nitrogens with zero attached hydrogens (tertiary/aromatic N) is 3. The molecule has 1 aromatic heterocycles. The van der Waals surface area contributed by atoms with Crippen LogP contribution in [0.3, 0.4) is 0 Å². The van der Waals surface area contributed by atoms with Crippen molar-refractivity contribution in [2.24, 2.45) is 7.05 Å². The average Bonchev–Trinajstić information content (AvgIpc) is 2.10. The van der Waals surface area contributed by atoms with Crippen molar-refractivity contribution >= 4 is 0 Å². The molecule has 1 rings (SSSR count). The van der Waals surface area contributed by atoms with E-state index in [2.05, 4.69) is 10.1 Å². The first-order valence-electron chi connectivity index (χ1n) is 2.71. The Kier molecular flexibility index (Phi) is 1.48. The fourth-order valence-corrected chi connectivity index (χ4v) is 0.694. The zero-order chi connectivity index (χ0) is 6.85. The highest BCUT2D eigenvalue weighted by molar-refractivity contribution is 4.87. The van der Waals surface area contributed by atoms with Crippen LogP contribution < -0.4 is 0 Å². The summed E-state index contributed by atoms with van der Waals surface area (Å²) in [6.07, 6.45) is 0. The summed E-state index contributed by atoms with van der Waals surface area (Å²) in [6, 6.07) is 0. The van der Waals surface area contributed by atoms with Crippen LogP contribution in [0.4, 0.5) is 0 Å². The van der Waals surface area contributed by atoms with E-state index in [0.29, 0.717) is 11.6 Å². The van der Waals surface area contributed by atoms with Gasteiger partial charge in [0.25, 0.3) is 0 Å². The minimum absolute atomic E-state index is 0.0443. The third-order valence-electron chi connectivity index (χ3n) is 1.10. The van der Waals surface area contributed by atoms with Crippen molar-refractivity contribution in [3.8, 4) is 0 Å². The molecule has 9 heavy (non-hydrogen) atoms. The van der Waals surface area contributed by atoms with Crippen molar-refractivity contribution in [3.63, 3.8) is 0 Å². The van der Waals surface area contributed by atoms with Crippen molar-refractivity contribution in [1.82, 2.24) is 14.8 Å². The van der Waals surface area contributed by atoms with Crippen molar-refractivity contribution < 1.29 is 5.11 Å². The van der Waals surface area contributed by atoms with E-state index >= 15 is 0 Å². The van der Waals surface area contributed by atoms with Crippen LogP contribution in [0.15, 0.2) is 0 Å². The molecule has 0 saturated carbocycles. The van der Waals surface area contributed by atoms with Crippen LogP contribution in [0.2, 0.25) is 0 Å². The van der Waals surface area contributed by atoms with Crippen molar-refractivity contribution in [3.05, 3.63) is 11.6 Å². The van der Waals surface area contributed by atoms with E-state index in [4.69, 9.17) is 5.11 Å². The minimum Gasteiger partial charge on any atom is -0.388 e. The molecule has 0 unspecified atom stereocenters. The Morgan fingerprint density at radius 3 is 2.56 bits per heavy atom. The van der Waals surface area contributed by atoms with Crippen LogP contribution in [0, 0.1) is 6.92 Å². The van der Waals surface area contributed by atoms with Gasteiger partial charge < -0.3 is 5.11 Å². The van der Waals surface area contributed by atoms with Crippen LogP contribution in [0.5, 0.6) is 0 Å². The summed E-state index contributed by atoms with van der Waals surface area (Å²) in [7, 11) is 1.76. The molecule has 0 aliphatic carbocycles. The maximum Gasteiger partial charge on any atom is 0.152 e. The van der Waals surface area contributed by atoms with Crippen molar-refractivity contribution in [1.29, 1.82) is 0 Å². The quantitative estimate of drug-likeness (QED) is 0.559. The maximum absolute atomic E-state index is 8.61. The molecule has 0 radical (unpaired) electrons. The first kappa shape index (κ1) is 6.22. The van der Waals surface area contributed by atoms with Gasteiger partial charge in [0, 0.05) is 7.05 Å². The van der Waals surface area contributed by atoms with Crippen LogP contribution in [-0.4, -0.2) is 19.9 Å². The Balaban J connectivity index is 3.01. The van der Waals surface area contributed by atoms with E-state index in [1.54, 1.807) is 18.7 Å². The molecule has 0 bridgehead atoms. The Morgan fingerprint density at radius 2 is 2.33 bits per heavy atom. The van der Waals surface area contributed by atoms with Gasteiger partial charge >= 0.3 is 0 Å². The fraction of sp³-hybridized carbons (Fsp3) is 0.600. The number of aryl methyl sites for hydroxylation is 2. The van der Waals surface area contributed by atoms with E-state index in [1.165, 1.54) is 0 Å². The van der Waals surface area contributed by atoms with Gasteiger partial charge in [-0.3, -0.25) is 4.68 Å². The molecule has 0 aromatic carbocycles. The molecule has 4 heteroatoms. The summed E-state index contributed by atoms with van der Waals surface area (Å²) in [5.41, 5.74) is 0. The molecular formula is C5H9N3O. The summed E-state index contributed by atoms with van der Waals surface area (Å²) in [5.74, 6) is 1.30. The van der Waals surface area contributed by atoms with E-state index in [1.807, 2.05) is 0 Å². The average molecular weight is 127 g/mol. The van der Waals surface area contributed by atoms with E-state index in [0.717, 1.165) is 0 Å². The van der Waals surface area contributed by atoms with Gasteiger partial charge in [0.2, 0.25) is 0 Å². The molecule has 1 aromatic rings. The van der Waals surface area contributed by atoms with E-state index in [-0.39, 0.29) is 6.61 Å². The molecule has 1 heterocycles. The highest BCUT2D eigenvalue weighted by atomic mass is 16.3. The predicted octanol–water partition coefficient (Wildman–Crippen LogP) is -0.384. The summed E-state index contributed by atoms with van der Waals surface area (Å²) in [4.78, 5) is 3.93. The molecule has 1 N–H and O–H groups in total. The summed E-state index contributed by atoms with van der Waals surface area (Å²) >= 11 is 0. The number of rotatable bonds is 1. The standard InChI is InChI=1S/C5H9N3O/c1-4-6-5(3-9)8(2)7-4/h9H,3H2,1-2H3. The minimum atomic E-state index is -0.0443. The smallest absolute Gasteiger partial charge is 0.152 e. The Labute approximate surface area is 53.1 Å². The van der Waals surface area contributed by atoms with E-state index in [9.17, 15) is 0 Å². The Morgan fingerprint density at radius 1 is 1.67 bits per heavy atom. The molecule has 0 aliphatic rings. The van der Waals surface area contributed by atoms with Gasteiger partial charge in [-0.2, -0.15) is 5.10 Å². The van der Waals surface area contributed by atoms with Crippen LogP contribution >= 0.6 is 0 Å². The van der Waals surface area contributed by atoms with Crippen LogP contribution in [0.1, 0.15) is 11.6 Å². The number of aliphatic hydroxyl groups is 1. The predicted molar refractivity (Wildman–Crippen MR) is 31.7 cm³/mol. The summed E-state index contributed by atoms with van der Waals surface area (Å²) in [5, 5.41) is 12.5. The second-order valence-corrected chi connectivity index (χ2v) is 1.86. The van der Waals surface area contributed by atoms with Gasteiger partial charge in [-0.25, -0.2) is 4.98 Å². The van der Waals surface area contributed by atoms with E-state index < -0.39 is 0 Å². The van der Waals surface area contributed by atoms with Crippen LogP contribution in [-0.2, 0) is 13.7 Å². The molecule has 0 atom stereocenters. The third-order valence-corrected chi connectivity index (χ3v) is 1.10. The SMILES string of the molecule is Cc1nc(CO)n(C)n1. The molecule has 0 aliphatic heterocycles. The second-order valence-electron chi connectivity index (χ2n) is 1.86. The van der Waals surface area contributed by atoms with Gasteiger partial charge in [-0.15, -0.1) is 0 Å². The lowest BCUT2D eigenvalue weighted by molar-refractivity contribution is 0.265. The van der Waals surface area contributed by atoms with Gasteiger partial charge in [0.15, 0.2) is 5.82 Å². The topological polar surface area (TPSA) is 50.9 Å². The normalized spacial score (nSPS) is 10.1. The largest absolute Gasteiger partial charge is 0.388 e. The molecular weight excluding hydrogens is 118 g/mol. The summed E-state index contributed by atoms with van der Waals surface area (Å²) in [6.45, 7) is 1.75. The number of hydrogen-bond acceptors (Lipinski definition) is 3. The highest BCUT2D eigenvalue weighted by Crippen LogP contribution is 1.92. The Bertz CT molecular complexity index is 206. The molecule has 0 fully saturated rings. The zero-order valence-corrected chi connectivity index (χ0v) is 5.50. The molecule has 0 amide bonds.